The molecule has 0 saturated heterocycles. The minimum absolute atomic E-state index is 0.115. The van der Waals surface area contributed by atoms with Gasteiger partial charge in [0.15, 0.2) is 0 Å². The van der Waals surface area contributed by atoms with Crippen LogP contribution in [-0.2, 0) is 17.8 Å². The molecule has 19 heavy (non-hydrogen) atoms. The van der Waals surface area contributed by atoms with Crippen molar-refractivity contribution in [3.63, 3.8) is 0 Å². The van der Waals surface area contributed by atoms with Crippen molar-refractivity contribution in [2.24, 2.45) is 0 Å². The molecule has 0 aliphatic rings. The van der Waals surface area contributed by atoms with E-state index in [1.54, 1.807) is 17.4 Å². The number of rotatable bonds is 4. The molecule has 0 aliphatic heterocycles. The third kappa shape index (κ3) is 3.41. The lowest BCUT2D eigenvalue weighted by atomic mass is 10.1. The van der Waals surface area contributed by atoms with E-state index in [2.05, 4.69) is 18.3 Å². The van der Waals surface area contributed by atoms with Crippen LogP contribution in [0.5, 0.6) is 0 Å². The molecule has 100 valence electrons. The van der Waals surface area contributed by atoms with Crippen LogP contribution < -0.4 is 5.32 Å². The number of nitrogens with one attached hydrogen (secondary N) is 1. The Kier molecular flexibility index (Phi) is 4.32. The molecule has 0 aliphatic carbocycles. The van der Waals surface area contributed by atoms with Crippen molar-refractivity contribution in [2.75, 3.05) is 0 Å². The maximum atomic E-state index is 13.3. The lowest BCUT2D eigenvalue weighted by Crippen LogP contribution is -2.19. The van der Waals surface area contributed by atoms with Crippen molar-refractivity contribution in [3.8, 4) is 10.4 Å². The Hall–Kier alpha value is -1.68. The van der Waals surface area contributed by atoms with Gasteiger partial charge >= 0.3 is 0 Å². The van der Waals surface area contributed by atoms with Gasteiger partial charge in [0.05, 0.1) is 0 Å². The summed E-state index contributed by atoms with van der Waals surface area (Å²) >= 11 is 1.71. The quantitative estimate of drug-likeness (QED) is 0.906. The Morgan fingerprint density at radius 2 is 2.11 bits per heavy atom. The smallest absolute Gasteiger partial charge is 0.217 e. The average Bonchev–Trinajstić information content (AvgIpc) is 2.85. The van der Waals surface area contributed by atoms with Gasteiger partial charge in [-0.05, 0) is 41.8 Å². The Balaban J connectivity index is 2.35. The first kappa shape index (κ1) is 13.7. The second-order valence-corrected chi connectivity index (χ2v) is 5.50. The first-order valence-electron chi connectivity index (χ1n) is 6.22. The molecule has 0 unspecified atom stereocenters. The Labute approximate surface area is 116 Å². The van der Waals surface area contributed by atoms with Gasteiger partial charge in [-0.1, -0.05) is 13.0 Å². The number of thiophene rings is 1. The van der Waals surface area contributed by atoms with Gasteiger partial charge in [-0.15, -0.1) is 11.3 Å². The fourth-order valence-corrected chi connectivity index (χ4v) is 2.89. The van der Waals surface area contributed by atoms with Crippen molar-refractivity contribution < 1.29 is 9.18 Å². The molecule has 0 atom stereocenters. The van der Waals surface area contributed by atoms with Crippen LogP contribution in [0.15, 0.2) is 30.3 Å². The topological polar surface area (TPSA) is 29.1 Å². The minimum Gasteiger partial charge on any atom is -0.352 e. The molecule has 1 aromatic heterocycles. The summed E-state index contributed by atoms with van der Waals surface area (Å²) in [6.07, 6.45) is 0.993. The Morgan fingerprint density at radius 1 is 1.32 bits per heavy atom. The van der Waals surface area contributed by atoms with Gasteiger partial charge in [-0.3, -0.25) is 4.79 Å². The first-order valence-corrected chi connectivity index (χ1v) is 7.03. The van der Waals surface area contributed by atoms with Crippen LogP contribution >= 0.6 is 11.3 Å². The summed E-state index contributed by atoms with van der Waals surface area (Å²) in [6.45, 7) is 3.92. The third-order valence-corrected chi connectivity index (χ3v) is 4.13. The van der Waals surface area contributed by atoms with Gasteiger partial charge in [0, 0.05) is 23.2 Å². The van der Waals surface area contributed by atoms with Crippen LogP contribution in [0.1, 0.15) is 24.3 Å². The summed E-state index contributed by atoms with van der Waals surface area (Å²) in [7, 11) is 0. The summed E-state index contributed by atoms with van der Waals surface area (Å²) in [5.74, 6) is -0.396. The van der Waals surface area contributed by atoms with E-state index in [9.17, 15) is 9.18 Å². The minimum atomic E-state index is -0.281. The number of hydrogen-bond donors (Lipinski definition) is 1. The highest BCUT2D eigenvalue weighted by atomic mass is 32.1. The van der Waals surface area contributed by atoms with E-state index in [-0.39, 0.29) is 11.7 Å². The van der Waals surface area contributed by atoms with E-state index in [0.29, 0.717) is 6.54 Å². The molecular formula is C15H16FNOS. The van der Waals surface area contributed by atoms with Crippen LogP contribution in [0.3, 0.4) is 0 Å². The number of benzene rings is 1. The zero-order chi connectivity index (χ0) is 13.8. The first-order chi connectivity index (χ1) is 9.10. The van der Waals surface area contributed by atoms with Gasteiger partial charge in [-0.25, -0.2) is 4.39 Å². The van der Waals surface area contributed by atoms with Gasteiger partial charge in [0.2, 0.25) is 5.91 Å². The lowest BCUT2D eigenvalue weighted by molar-refractivity contribution is -0.119. The zero-order valence-corrected chi connectivity index (χ0v) is 11.8. The van der Waals surface area contributed by atoms with Crippen molar-refractivity contribution in [2.45, 2.75) is 26.8 Å². The molecule has 2 rings (SSSR count). The Bertz CT molecular complexity index is 592. The average molecular weight is 277 g/mol. The van der Waals surface area contributed by atoms with Crippen LogP contribution in [0.2, 0.25) is 0 Å². The maximum Gasteiger partial charge on any atom is 0.217 e. The predicted molar refractivity (Wildman–Crippen MR) is 76.6 cm³/mol. The van der Waals surface area contributed by atoms with Gasteiger partial charge < -0.3 is 5.32 Å². The van der Waals surface area contributed by atoms with E-state index in [4.69, 9.17) is 0 Å². The number of halogens is 1. The van der Waals surface area contributed by atoms with E-state index in [0.717, 1.165) is 22.4 Å². The lowest BCUT2D eigenvalue weighted by Gasteiger charge is -2.09. The summed E-state index contributed by atoms with van der Waals surface area (Å²) in [5, 5.41) is 2.72. The molecule has 2 nitrogen and oxygen atoms in total. The van der Waals surface area contributed by atoms with Crippen molar-refractivity contribution >= 4 is 17.2 Å². The number of carbonyl (C=O) groups is 1. The van der Waals surface area contributed by atoms with E-state index >= 15 is 0 Å². The highest BCUT2D eigenvalue weighted by molar-refractivity contribution is 7.15. The highest BCUT2D eigenvalue weighted by Gasteiger charge is 2.09. The second kappa shape index (κ2) is 5.97. The van der Waals surface area contributed by atoms with E-state index in [1.807, 2.05) is 6.07 Å². The fraction of sp³-hybridized carbons (Fsp3) is 0.267. The molecule has 0 spiro atoms. The van der Waals surface area contributed by atoms with Crippen molar-refractivity contribution in [3.05, 3.63) is 46.6 Å². The number of carbonyl (C=O) groups excluding carboxylic acids is 1. The molecule has 0 radical (unpaired) electrons. The van der Waals surface area contributed by atoms with Crippen molar-refractivity contribution in [1.82, 2.24) is 5.32 Å². The molecule has 1 N–H and O–H groups in total. The maximum absolute atomic E-state index is 13.3. The zero-order valence-electron chi connectivity index (χ0n) is 11.0. The number of aryl methyl sites for hydroxylation is 1. The summed E-state index contributed by atoms with van der Waals surface area (Å²) in [6, 6.07) is 8.85. The molecule has 2 aromatic rings. The van der Waals surface area contributed by atoms with E-state index < -0.39 is 0 Å². The van der Waals surface area contributed by atoms with Crippen LogP contribution in [0.4, 0.5) is 4.39 Å². The molecule has 0 bridgehead atoms. The van der Waals surface area contributed by atoms with Gasteiger partial charge in [0.1, 0.15) is 5.82 Å². The molecule has 1 amide bonds. The third-order valence-electron chi connectivity index (χ3n) is 2.87. The Morgan fingerprint density at radius 3 is 2.74 bits per heavy atom. The van der Waals surface area contributed by atoms with Crippen LogP contribution in [0.25, 0.3) is 10.4 Å². The molecule has 4 heteroatoms. The number of amides is 1. The standard InChI is InChI=1S/C15H16FNOS/c1-3-13-5-7-15(19-13)14-6-4-12(16)8-11(14)9-17-10(2)18/h4-8H,3,9H2,1-2H3,(H,17,18). The summed E-state index contributed by atoms with van der Waals surface area (Å²) in [5.41, 5.74) is 1.79. The largest absolute Gasteiger partial charge is 0.352 e. The molecule has 0 fully saturated rings. The second-order valence-electron chi connectivity index (χ2n) is 4.33. The number of hydrogen-bond acceptors (Lipinski definition) is 2. The monoisotopic (exact) mass is 277 g/mol. The van der Waals surface area contributed by atoms with Crippen LogP contribution in [0, 0.1) is 5.82 Å². The molecule has 0 saturated carbocycles. The molecular weight excluding hydrogens is 261 g/mol. The van der Waals surface area contributed by atoms with E-state index in [1.165, 1.54) is 23.9 Å². The highest BCUT2D eigenvalue weighted by Crippen LogP contribution is 2.31. The van der Waals surface area contributed by atoms with Gasteiger partial charge in [-0.2, -0.15) is 0 Å². The van der Waals surface area contributed by atoms with Gasteiger partial charge in [0.25, 0.3) is 0 Å². The molecule has 1 aromatic carbocycles. The van der Waals surface area contributed by atoms with Crippen LogP contribution in [-0.4, -0.2) is 5.91 Å². The predicted octanol–water partition coefficient (Wildman–Crippen LogP) is 3.75. The SMILES string of the molecule is CCc1ccc(-c2ccc(F)cc2CNC(C)=O)s1. The summed E-state index contributed by atoms with van der Waals surface area (Å²) in [4.78, 5) is 13.4. The molecule has 1 heterocycles. The summed E-state index contributed by atoms with van der Waals surface area (Å²) < 4.78 is 13.3. The normalized spacial score (nSPS) is 10.5. The van der Waals surface area contributed by atoms with Crippen molar-refractivity contribution in [1.29, 1.82) is 0 Å². The fourth-order valence-electron chi connectivity index (χ4n) is 1.88.